The lowest BCUT2D eigenvalue weighted by atomic mass is 10.1. The maximum absolute atomic E-state index is 15.0. The van der Waals surface area contributed by atoms with Crippen LogP contribution in [-0.2, 0) is 4.74 Å². The maximum atomic E-state index is 15.0. The summed E-state index contributed by atoms with van der Waals surface area (Å²) in [6, 6.07) is 13.8. The van der Waals surface area contributed by atoms with Crippen LogP contribution < -0.4 is 4.74 Å². The Morgan fingerprint density at radius 2 is 1.91 bits per heavy atom. The van der Waals surface area contributed by atoms with Crippen molar-refractivity contribution in [3.63, 3.8) is 0 Å². The summed E-state index contributed by atoms with van der Waals surface area (Å²) < 4.78 is 42.1. The molecule has 0 bridgehead atoms. The zero-order chi connectivity index (χ0) is 23.1. The number of aromatic nitrogens is 2. The van der Waals surface area contributed by atoms with E-state index in [9.17, 15) is 9.18 Å². The highest BCUT2D eigenvalue weighted by Gasteiger charge is 2.29. The number of carbonyl (C=O) groups excluding carboxylic acids is 1. The highest BCUT2D eigenvalue weighted by molar-refractivity contribution is 6.32. The molecule has 0 N–H and O–H groups in total. The average Bonchev–Trinajstić information content (AvgIpc) is 3.57. The van der Waals surface area contributed by atoms with Crippen molar-refractivity contribution in [1.29, 1.82) is 0 Å². The monoisotopic (exact) mass is 468 g/mol. The van der Waals surface area contributed by atoms with Crippen molar-refractivity contribution in [3.8, 4) is 17.3 Å². The zero-order valence-electron chi connectivity index (χ0n) is 17.6. The fourth-order valence-electron chi connectivity index (χ4n) is 3.81. The molecule has 1 aliphatic rings. The van der Waals surface area contributed by atoms with Crippen LogP contribution in [-0.4, -0.2) is 22.4 Å². The molecule has 1 fully saturated rings. The first-order chi connectivity index (χ1) is 16.0. The third-order valence-electron chi connectivity index (χ3n) is 5.52. The summed E-state index contributed by atoms with van der Waals surface area (Å²) in [6.45, 7) is 1.83. The molecule has 0 amide bonds. The van der Waals surface area contributed by atoms with Crippen LogP contribution in [0.3, 0.4) is 0 Å². The van der Waals surface area contributed by atoms with Gasteiger partial charge >= 0.3 is 5.97 Å². The Hall–Kier alpha value is -3.45. The molecular formula is C25H19ClF2N2O3. The molecule has 1 saturated carbocycles. The average molecular weight is 469 g/mol. The minimum absolute atomic E-state index is 0.0328. The molecule has 3 aromatic carbocycles. The summed E-state index contributed by atoms with van der Waals surface area (Å²) in [5.41, 5.74) is 1.04. The lowest BCUT2D eigenvalue weighted by molar-refractivity contribution is 0.0526. The second-order valence-corrected chi connectivity index (χ2v) is 8.18. The molecule has 8 heteroatoms. The quantitative estimate of drug-likeness (QED) is 0.292. The van der Waals surface area contributed by atoms with Crippen LogP contribution in [0.1, 0.15) is 41.6 Å². The highest BCUT2D eigenvalue weighted by Crippen LogP contribution is 2.48. The summed E-state index contributed by atoms with van der Waals surface area (Å²) in [6.07, 6.45) is 2.08. The highest BCUT2D eigenvalue weighted by atomic mass is 35.5. The van der Waals surface area contributed by atoms with Gasteiger partial charge in [-0.1, -0.05) is 29.8 Å². The summed E-state index contributed by atoms with van der Waals surface area (Å²) in [5.74, 6) is -1.06. The number of rotatable bonds is 6. The van der Waals surface area contributed by atoms with Crippen molar-refractivity contribution in [2.45, 2.75) is 25.7 Å². The van der Waals surface area contributed by atoms with E-state index in [1.807, 2.05) is 12.1 Å². The molecule has 1 aliphatic carbocycles. The molecule has 168 valence electrons. The molecule has 0 spiro atoms. The Morgan fingerprint density at radius 1 is 1.12 bits per heavy atom. The van der Waals surface area contributed by atoms with Gasteiger partial charge < -0.3 is 9.47 Å². The van der Waals surface area contributed by atoms with Gasteiger partial charge in [0, 0.05) is 0 Å². The van der Waals surface area contributed by atoms with Gasteiger partial charge in [0.05, 0.1) is 22.6 Å². The van der Waals surface area contributed by atoms with E-state index in [2.05, 4.69) is 5.10 Å². The molecule has 0 aliphatic heterocycles. The molecular weight excluding hydrogens is 450 g/mol. The van der Waals surface area contributed by atoms with E-state index < -0.39 is 17.6 Å². The van der Waals surface area contributed by atoms with Crippen molar-refractivity contribution in [3.05, 3.63) is 82.4 Å². The lowest BCUT2D eigenvalue weighted by Crippen LogP contribution is -2.07. The van der Waals surface area contributed by atoms with Crippen LogP contribution in [0.5, 0.6) is 11.6 Å². The van der Waals surface area contributed by atoms with Crippen LogP contribution in [0, 0.1) is 11.6 Å². The Bertz CT molecular complexity index is 1380. The standard InChI is InChI=1S/C25H19ClF2N2O3/c1-2-32-25(31)15-11-12-21(20(28)13-15)30-22-17(6-4-8-19(22)27)24(29-30)33-23-16(14-9-10-14)5-3-7-18(23)26/h3-8,11-14H,2,9-10H2,1H3. The molecule has 5 nitrogen and oxygen atoms in total. The van der Waals surface area contributed by atoms with Crippen molar-refractivity contribution >= 4 is 28.5 Å². The number of hydrogen-bond donors (Lipinski definition) is 0. The summed E-state index contributed by atoms with van der Waals surface area (Å²) in [5, 5.41) is 5.18. The number of carbonyl (C=O) groups is 1. The van der Waals surface area contributed by atoms with E-state index in [0.717, 1.165) is 29.2 Å². The maximum Gasteiger partial charge on any atom is 0.338 e. The third kappa shape index (κ3) is 3.93. The van der Waals surface area contributed by atoms with Crippen LogP contribution in [0.15, 0.2) is 54.6 Å². The van der Waals surface area contributed by atoms with Gasteiger partial charge in [0.15, 0.2) is 5.75 Å². The number of benzene rings is 3. The number of hydrogen-bond acceptors (Lipinski definition) is 4. The Kier molecular flexibility index (Phi) is 5.50. The number of ether oxygens (including phenoxy) is 2. The van der Waals surface area contributed by atoms with E-state index in [0.29, 0.717) is 22.1 Å². The van der Waals surface area contributed by atoms with Gasteiger partial charge in [0.25, 0.3) is 0 Å². The second kappa shape index (κ2) is 8.48. The zero-order valence-corrected chi connectivity index (χ0v) is 18.4. The summed E-state index contributed by atoms with van der Waals surface area (Å²) in [7, 11) is 0. The number of halogens is 3. The number of para-hydroxylation sites is 2. The Labute approximate surface area is 193 Å². The molecule has 5 rings (SSSR count). The minimum Gasteiger partial charge on any atom is -0.462 e. The molecule has 4 aromatic rings. The fraction of sp³-hybridized carbons (Fsp3) is 0.200. The van der Waals surface area contributed by atoms with Crippen LogP contribution in [0.2, 0.25) is 5.02 Å². The molecule has 1 aromatic heterocycles. The van der Waals surface area contributed by atoms with Gasteiger partial charge in [-0.15, -0.1) is 5.10 Å². The van der Waals surface area contributed by atoms with E-state index >= 15 is 4.39 Å². The number of esters is 1. The van der Waals surface area contributed by atoms with E-state index in [4.69, 9.17) is 21.1 Å². The van der Waals surface area contributed by atoms with Gasteiger partial charge in [0.2, 0.25) is 5.88 Å². The predicted molar refractivity (Wildman–Crippen MR) is 120 cm³/mol. The first-order valence-electron chi connectivity index (χ1n) is 10.6. The Morgan fingerprint density at radius 3 is 2.64 bits per heavy atom. The van der Waals surface area contributed by atoms with Gasteiger partial charge in [0.1, 0.15) is 22.8 Å². The molecule has 1 heterocycles. The SMILES string of the molecule is CCOC(=O)c1ccc(-n2nc(Oc3c(Cl)cccc3C3CC3)c3cccc(F)c32)c(F)c1. The van der Waals surface area contributed by atoms with Gasteiger partial charge in [-0.3, -0.25) is 0 Å². The second-order valence-electron chi connectivity index (χ2n) is 7.77. The first-order valence-corrected chi connectivity index (χ1v) is 11.0. The fourth-order valence-corrected chi connectivity index (χ4v) is 4.03. The van der Waals surface area contributed by atoms with Crippen LogP contribution in [0.25, 0.3) is 16.6 Å². The Balaban J connectivity index is 1.62. The predicted octanol–water partition coefficient (Wildman–Crippen LogP) is 6.80. The van der Waals surface area contributed by atoms with Gasteiger partial charge in [-0.25, -0.2) is 18.3 Å². The van der Waals surface area contributed by atoms with E-state index in [1.165, 1.54) is 24.3 Å². The van der Waals surface area contributed by atoms with Crippen molar-refractivity contribution in [2.75, 3.05) is 6.61 Å². The van der Waals surface area contributed by atoms with E-state index in [1.54, 1.807) is 19.1 Å². The minimum atomic E-state index is -0.754. The number of fused-ring (bicyclic) bond motifs is 1. The largest absolute Gasteiger partial charge is 0.462 e. The lowest BCUT2D eigenvalue weighted by Gasteiger charge is -2.11. The third-order valence-corrected chi connectivity index (χ3v) is 5.82. The van der Waals surface area contributed by atoms with Gasteiger partial charge in [-0.05, 0) is 67.6 Å². The van der Waals surface area contributed by atoms with Crippen molar-refractivity contribution < 1.29 is 23.0 Å². The van der Waals surface area contributed by atoms with Crippen LogP contribution in [0.4, 0.5) is 8.78 Å². The van der Waals surface area contributed by atoms with Crippen molar-refractivity contribution in [2.24, 2.45) is 0 Å². The summed E-state index contributed by atoms with van der Waals surface area (Å²) >= 11 is 6.42. The molecule has 0 atom stereocenters. The van der Waals surface area contributed by atoms with E-state index in [-0.39, 0.29) is 29.3 Å². The topological polar surface area (TPSA) is 53.4 Å². The molecule has 0 radical (unpaired) electrons. The number of nitrogens with zero attached hydrogens (tertiary/aromatic N) is 2. The summed E-state index contributed by atoms with van der Waals surface area (Å²) in [4.78, 5) is 11.9. The molecule has 33 heavy (non-hydrogen) atoms. The molecule has 0 saturated heterocycles. The first kappa shape index (κ1) is 21.4. The molecule has 0 unspecified atom stereocenters. The van der Waals surface area contributed by atoms with Crippen molar-refractivity contribution in [1.82, 2.24) is 9.78 Å². The normalized spacial score (nSPS) is 13.3. The van der Waals surface area contributed by atoms with Crippen LogP contribution >= 0.6 is 11.6 Å². The smallest absolute Gasteiger partial charge is 0.338 e. The van der Waals surface area contributed by atoms with Gasteiger partial charge in [-0.2, -0.15) is 0 Å².